The van der Waals surface area contributed by atoms with E-state index < -0.39 is 0 Å². The second-order valence-electron chi connectivity index (χ2n) is 7.59. The molecule has 5 rings (SSSR count). The number of para-hydroxylation sites is 1. The van der Waals surface area contributed by atoms with Crippen LogP contribution in [0.2, 0.25) is 5.02 Å². The van der Waals surface area contributed by atoms with E-state index in [1.807, 2.05) is 12.1 Å². The molecule has 2 aromatic carbocycles. The fourth-order valence-corrected chi connectivity index (χ4v) is 4.35. The highest BCUT2D eigenvalue weighted by Gasteiger charge is 2.23. The molecule has 6 heteroatoms. The first kappa shape index (κ1) is 17.4. The van der Waals surface area contributed by atoms with Crippen LogP contribution in [0.5, 0.6) is 11.5 Å². The molecule has 0 bridgehead atoms. The van der Waals surface area contributed by atoms with Gasteiger partial charge in [-0.3, -0.25) is 4.79 Å². The molecule has 1 atom stereocenters. The average molecular weight is 397 g/mol. The van der Waals surface area contributed by atoms with Crippen LogP contribution in [0.3, 0.4) is 0 Å². The van der Waals surface area contributed by atoms with Gasteiger partial charge in [0.1, 0.15) is 13.2 Å². The van der Waals surface area contributed by atoms with E-state index in [1.165, 1.54) is 17.7 Å². The number of carbonyl (C=O) groups is 1. The lowest BCUT2D eigenvalue weighted by Gasteiger charge is -2.20. The number of aryl methyl sites for hydroxylation is 1. The Bertz CT molecular complexity index is 1090. The van der Waals surface area contributed by atoms with Crippen LogP contribution in [0, 0.1) is 5.92 Å². The summed E-state index contributed by atoms with van der Waals surface area (Å²) in [6.45, 7) is 3.25. The van der Waals surface area contributed by atoms with E-state index in [9.17, 15) is 4.79 Å². The zero-order valence-corrected chi connectivity index (χ0v) is 16.4. The number of hydrogen-bond donors (Lipinski definition) is 2. The summed E-state index contributed by atoms with van der Waals surface area (Å²) in [6, 6.07) is 9.28. The minimum atomic E-state index is -0.198. The molecule has 0 spiro atoms. The Labute approximate surface area is 168 Å². The maximum Gasteiger partial charge on any atom is 0.257 e. The highest BCUT2D eigenvalue weighted by molar-refractivity contribution is 6.34. The number of aromatic amines is 1. The van der Waals surface area contributed by atoms with E-state index in [0.29, 0.717) is 46.9 Å². The van der Waals surface area contributed by atoms with Crippen LogP contribution in [0.4, 0.5) is 5.69 Å². The van der Waals surface area contributed by atoms with Gasteiger partial charge in [-0.05, 0) is 36.8 Å². The maximum absolute atomic E-state index is 13.1. The monoisotopic (exact) mass is 396 g/mol. The minimum Gasteiger partial charge on any atom is -0.486 e. The highest BCUT2D eigenvalue weighted by Crippen LogP contribution is 2.38. The second kappa shape index (κ2) is 6.74. The van der Waals surface area contributed by atoms with Crippen LogP contribution in [-0.4, -0.2) is 24.1 Å². The van der Waals surface area contributed by atoms with Gasteiger partial charge in [-0.15, -0.1) is 0 Å². The van der Waals surface area contributed by atoms with Crippen molar-refractivity contribution >= 4 is 34.1 Å². The summed E-state index contributed by atoms with van der Waals surface area (Å²) < 4.78 is 11.1. The molecule has 0 fully saturated rings. The van der Waals surface area contributed by atoms with Crippen LogP contribution < -0.4 is 14.8 Å². The molecule has 1 aromatic heterocycles. The number of anilines is 1. The third-order valence-electron chi connectivity index (χ3n) is 5.59. The Morgan fingerprint density at radius 2 is 2.00 bits per heavy atom. The van der Waals surface area contributed by atoms with Crippen molar-refractivity contribution in [1.29, 1.82) is 0 Å². The fourth-order valence-electron chi connectivity index (χ4n) is 4.15. The van der Waals surface area contributed by atoms with Crippen molar-refractivity contribution in [3.05, 3.63) is 52.2 Å². The molecule has 3 aromatic rings. The first-order valence-electron chi connectivity index (χ1n) is 9.63. The molecule has 0 radical (unpaired) electrons. The minimum absolute atomic E-state index is 0.198. The summed E-state index contributed by atoms with van der Waals surface area (Å²) in [5, 5.41) is 4.49. The molecule has 1 unspecified atom stereocenters. The Morgan fingerprint density at radius 1 is 1.21 bits per heavy atom. The smallest absolute Gasteiger partial charge is 0.257 e. The zero-order chi connectivity index (χ0) is 19.3. The van der Waals surface area contributed by atoms with Crippen LogP contribution in [-0.2, 0) is 12.8 Å². The predicted molar refractivity (Wildman–Crippen MR) is 110 cm³/mol. The van der Waals surface area contributed by atoms with Crippen molar-refractivity contribution in [3.63, 3.8) is 0 Å². The molecule has 2 heterocycles. The van der Waals surface area contributed by atoms with Gasteiger partial charge < -0.3 is 19.8 Å². The first-order chi connectivity index (χ1) is 13.6. The average Bonchev–Trinajstić information content (AvgIpc) is 3.06. The SMILES string of the molecule is CC1CCc2[nH]c3c(C(=O)Nc4cc5c(cc4Cl)OCCO5)cccc3c2C1. The quantitative estimate of drug-likeness (QED) is 0.642. The molecule has 0 saturated heterocycles. The topological polar surface area (TPSA) is 63.4 Å². The Morgan fingerprint density at radius 3 is 2.82 bits per heavy atom. The molecule has 28 heavy (non-hydrogen) atoms. The van der Waals surface area contributed by atoms with E-state index in [1.54, 1.807) is 12.1 Å². The van der Waals surface area contributed by atoms with Gasteiger partial charge in [0, 0.05) is 23.2 Å². The summed E-state index contributed by atoms with van der Waals surface area (Å²) in [5.74, 6) is 1.66. The molecular weight excluding hydrogens is 376 g/mol. The highest BCUT2D eigenvalue weighted by atomic mass is 35.5. The Hall–Kier alpha value is -2.66. The number of nitrogens with one attached hydrogen (secondary N) is 2. The van der Waals surface area contributed by atoms with Crippen molar-refractivity contribution < 1.29 is 14.3 Å². The van der Waals surface area contributed by atoms with Gasteiger partial charge in [0.25, 0.3) is 5.91 Å². The lowest BCUT2D eigenvalue weighted by Crippen LogP contribution is -2.17. The van der Waals surface area contributed by atoms with Crippen LogP contribution >= 0.6 is 11.6 Å². The number of benzene rings is 2. The van der Waals surface area contributed by atoms with Gasteiger partial charge in [-0.25, -0.2) is 0 Å². The number of rotatable bonds is 2. The van der Waals surface area contributed by atoms with E-state index in [2.05, 4.69) is 23.3 Å². The van der Waals surface area contributed by atoms with E-state index in [-0.39, 0.29) is 5.91 Å². The van der Waals surface area contributed by atoms with Crippen molar-refractivity contribution in [2.24, 2.45) is 5.92 Å². The van der Waals surface area contributed by atoms with Gasteiger partial charge in [0.15, 0.2) is 11.5 Å². The van der Waals surface area contributed by atoms with Crippen LogP contribution in [0.15, 0.2) is 30.3 Å². The number of hydrogen-bond acceptors (Lipinski definition) is 3. The van der Waals surface area contributed by atoms with Crippen molar-refractivity contribution in [2.45, 2.75) is 26.2 Å². The number of aromatic nitrogens is 1. The number of carbonyl (C=O) groups excluding carboxylic acids is 1. The Kier molecular flexibility index (Phi) is 4.20. The summed E-state index contributed by atoms with van der Waals surface area (Å²) in [7, 11) is 0. The van der Waals surface area contributed by atoms with Gasteiger partial charge in [-0.1, -0.05) is 30.7 Å². The largest absolute Gasteiger partial charge is 0.486 e. The lowest BCUT2D eigenvalue weighted by atomic mass is 9.87. The maximum atomic E-state index is 13.1. The van der Waals surface area contributed by atoms with Gasteiger partial charge in [0.05, 0.1) is 21.8 Å². The third kappa shape index (κ3) is 2.90. The summed E-state index contributed by atoms with van der Waals surface area (Å²) >= 11 is 6.35. The number of H-pyrrole nitrogens is 1. The third-order valence-corrected chi connectivity index (χ3v) is 5.91. The Balaban J connectivity index is 1.50. The van der Waals surface area contributed by atoms with Gasteiger partial charge in [-0.2, -0.15) is 0 Å². The van der Waals surface area contributed by atoms with E-state index in [0.717, 1.165) is 23.7 Å². The number of halogens is 1. The van der Waals surface area contributed by atoms with E-state index in [4.69, 9.17) is 21.1 Å². The second-order valence-corrected chi connectivity index (χ2v) is 8.00. The normalized spacial score (nSPS) is 18.0. The van der Waals surface area contributed by atoms with Gasteiger partial charge >= 0.3 is 0 Å². The lowest BCUT2D eigenvalue weighted by molar-refractivity contribution is 0.102. The molecular formula is C22H21ClN2O3. The molecule has 2 aliphatic rings. The fraction of sp³-hybridized carbons (Fsp3) is 0.318. The zero-order valence-electron chi connectivity index (χ0n) is 15.6. The van der Waals surface area contributed by atoms with Crippen LogP contribution in [0.1, 0.15) is 35.0 Å². The molecule has 0 saturated carbocycles. The summed E-state index contributed by atoms with van der Waals surface area (Å²) in [6.07, 6.45) is 3.25. The van der Waals surface area contributed by atoms with Crippen molar-refractivity contribution in [2.75, 3.05) is 18.5 Å². The molecule has 144 valence electrons. The number of fused-ring (bicyclic) bond motifs is 4. The number of amides is 1. The number of ether oxygens (including phenoxy) is 2. The standard InChI is InChI=1S/C22H21ClN2O3/c1-12-5-6-17-15(9-12)13-3-2-4-14(21(13)24-17)22(26)25-18-11-20-19(10-16(18)23)27-7-8-28-20/h2-4,10-12,24H,5-9H2,1H3,(H,25,26). The predicted octanol–water partition coefficient (Wildman–Crippen LogP) is 4.97. The summed E-state index contributed by atoms with van der Waals surface area (Å²) in [5.41, 5.74) is 4.63. The van der Waals surface area contributed by atoms with Gasteiger partial charge in [0.2, 0.25) is 0 Å². The first-order valence-corrected chi connectivity index (χ1v) is 10.0. The van der Waals surface area contributed by atoms with Crippen molar-refractivity contribution in [3.8, 4) is 11.5 Å². The molecule has 5 nitrogen and oxygen atoms in total. The molecule has 1 aliphatic carbocycles. The summed E-state index contributed by atoms with van der Waals surface area (Å²) in [4.78, 5) is 16.6. The van der Waals surface area contributed by atoms with Crippen molar-refractivity contribution in [1.82, 2.24) is 4.98 Å². The molecule has 2 N–H and O–H groups in total. The van der Waals surface area contributed by atoms with E-state index >= 15 is 0 Å². The molecule has 1 aliphatic heterocycles. The molecule has 1 amide bonds. The van der Waals surface area contributed by atoms with Crippen LogP contribution in [0.25, 0.3) is 10.9 Å².